The summed E-state index contributed by atoms with van der Waals surface area (Å²) in [7, 11) is 1.52. The molecule has 1 aromatic heterocycles. The zero-order valence-corrected chi connectivity index (χ0v) is 13.8. The van der Waals surface area contributed by atoms with E-state index in [1.165, 1.54) is 31.5 Å². The van der Waals surface area contributed by atoms with Gasteiger partial charge in [-0.1, -0.05) is 24.3 Å². The predicted molar refractivity (Wildman–Crippen MR) is 96.1 cm³/mol. The van der Waals surface area contributed by atoms with Gasteiger partial charge in [-0.15, -0.1) is 0 Å². The van der Waals surface area contributed by atoms with Gasteiger partial charge in [0.15, 0.2) is 0 Å². The minimum atomic E-state index is -0.753. The highest BCUT2D eigenvalue weighted by molar-refractivity contribution is 5.95. The third kappa shape index (κ3) is 3.51. The molecule has 0 spiro atoms. The van der Waals surface area contributed by atoms with Gasteiger partial charge >= 0.3 is 11.7 Å². The maximum atomic E-state index is 12.2. The number of fused-ring (bicyclic) bond motifs is 1. The summed E-state index contributed by atoms with van der Waals surface area (Å²) >= 11 is 0. The van der Waals surface area contributed by atoms with Crippen molar-refractivity contribution in [3.8, 4) is 11.5 Å². The molecule has 0 fully saturated rings. The summed E-state index contributed by atoms with van der Waals surface area (Å²) in [4.78, 5) is 27.0. The fraction of sp³-hybridized carbons (Fsp3) is 0.0526. The topological polar surface area (TPSA) is 91.6 Å². The van der Waals surface area contributed by atoms with E-state index in [0.717, 1.165) is 0 Å². The number of pyridine rings is 1. The number of esters is 1. The number of para-hydroxylation sites is 1. The number of nitro groups is 1. The molecule has 26 heavy (non-hydrogen) atoms. The highest BCUT2D eigenvalue weighted by atomic mass is 16.6. The second-order valence-electron chi connectivity index (χ2n) is 5.24. The van der Waals surface area contributed by atoms with E-state index >= 15 is 0 Å². The third-order valence-corrected chi connectivity index (χ3v) is 3.64. The summed E-state index contributed by atoms with van der Waals surface area (Å²) in [5.74, 6) is -0.339. The molecule has 0 atom stereocenters. The van der Waals surface area contributed by atoms with Crippen molar-refractivity contribution < 1.29 is 19.2 Å². The molecule has 0 radical (unpaired) electrons. The Morgan fingerprint density at radius 1 is 1.15 bits per heavy atom. The van der Waals surface area contributed by atoms with Crippen LogP contribution in [0.15, 0.2) is 60.8 Å². The minimum Gasteiger partial charge on any atom is -0.496 e. The minimum absolute atomic E-state index is 0.178. The Labute approximate surface area is 148 Å². The first-order valence-electron chi connectivity index (χ1n) is 7.65. The number of aromatic nitrogens is 1. The van der Waals surface area contributed by atoms with E-state index in [4.69, 9.17) is 9.47 Å². The van der Waals surface area contributed by atoms with Crippen LogP contribution in [0.3, 0.4) is 0 Å². The van der Waals surface area contributed by atoms with Crippen molar-refractivity contribution in [2.75, 3.05) is 7.11 Å². The molecule has 3 rings (SSSR count). The number of hydrogen-bond donors (Lipinski definition) is 0. The number of nitro benzene ring substituents is 1. The fourth-order valence-electron chi connectivity index (χ4n) is 2.45. The van der Waals surface area contributed by atoms with Crippen LogP contribution in [-0.4, -0.2) is 23.0 Å². The van der Waals surface area contributed by atoms with Crippen molar-refractivity contribution in [1.82, 2.24) is 4.98 Å². The number of rotatable bonds is 5. The Hall–Kier alpha value is -3.74. The van der Waals surface area contributed by atoms with Gasteiger partial charge < -0.3 is 9.47 Å². The molecule has 0 N–H and O–H groups in total. The summed E-state index contributed by atoms with van der Waals surface area (Å²) in [5.41, 5.74) is 0.605. The Bertz CT molecular complexity index is 1010. The fourth-order valence-corrected chi connectivity index (χ4v) is 2.45. The van der Waals surface area contributed by atoms with Crippen LogP contribution in [0.4, 0.5) is 5.69 Å². The molecule has 130 valence electrons. The van der Waals surface area contributed by atoms with Gasteiger partial charge in [-0.25, -0.2) is 4.79 Å². The largest absolute Gasteiger partial charge is 0.496 e. The lowest BCUT2D eigenvalue weighted by molar-refractivity contribution is -0.385. The normalized spacial score (nSPS) is 10.8. The molecular weight excluding hydrogens is 336 g/mol. The maximum absolute atomic E-state index is 12.2. The zero-order chi connectivity index (χ0) is 18.5. The molecule has 0 aliphatic heterocycles. The molecule has 0 amide bonds. The first kappa shape index (κ1) is 17.1. The van der Waals surface area contributed by atoms with Gasteiger partial charge in [-0.05, 0) is 24.3 Å². The standard InChI is InChI=1S/C19H14N2O5/c1-25-16-7-3-2-5-13(16)9-11-17(22)26-19-15(21(23)24)10-8-14-6-4-12-20-18(14)19/h2-12H,1H3/b11-9+. The van der Waals surface area contributed by atoms with E-state index in [9.17, 15) is 14.9 Å². The Kier molecular flexibility index (Phi) is 4.89. The molecule has 0 saturated carbocycles. The average Bonchev–Trinajstić information content (AvgIpc) is 2.66. The van der Waals surface area contributed by atoms with Crippen molar-refractivity contribution in [2.24, 2.45) is 0 Å². The Balaban J connectivity index is 1.93. The van der Waals surface area contributed by atoms with Crippen molar-refractivity contribution in [3.05, 3.63) is 76.5 Å². The molecular formula is C19H14N2O5. The SMILES string of the molecule is COc1ccccc1/C=C/C(=O)Oc1c([N+](=O)[O-])ccc2cccnc12. The van der Waals surface area contributed by atoms with E-state index in [1.807, 2.05) is 0 Å². The summed E-state index contributed by atoms with van der Waals surface area (Å²) in [5, 5.41) is 11.9. The average molecular weight is 350 g/mol. The van der Waals surface area contributed by atoms with Gasteiger partial charge in [0.25, 0.3) is 0 Å². The van der Waals surface area contributed by atoms with Crippen molar-refractivity contribution in [1.29, 1.82) is 0 Å². The maximum Gasteiger partial charge on any atom is 0.336 e. The van der Waals surface area contributed by atoms with E-state index < -0.39 is 10.9 Å². The number of methoxy groups -OCH3 is 1. The number of hydrogen-bond acceptors (Lipinski definition) is 6. The second kappa shape index (κ2) is 7.43. The van der Waals surface area contributed by atoms with Gasteiger partial charge in [-0.3, -0.25) is 15.1 Å². The lowest BCUT2D eigenvalue weighted by Gasteiger charge is -2.06. The van der Waals surface area contributed by atoms with Crippen LogP contribution >= 0.6 is 0 Å². The molecule has 7 nitrogen and oxygen atoms in total. The molecule has 0 saturated heterocycles. The number of carbonyl (C=O) groups is 1. The van der Waals surface area contributed by atoms with Gasteiger partial charge in [-0.2, -0.15) is 0 Å². The number of benzene rings is 2. The second-order valence-corrected chi connectivity index (χ2v) is 5.24. The summed E-state index contributed by atoms with van der Waals surface area (Å²) in [6.07, 6.45) is 4.18. The molecule has 0 bridgehead atoms. The zero-order valence-electron chi connectivity index (χ0n) is 13.8. The first-order valence-corrected chi connectivity index (χ1v) is 7.65. The van der Waals surface area contributed by atoms with E-state index in [-0.39, 0.29) is 17.0 Å². The van der Waals surface area contributed by atoms with Gasteiger partial charge in [0.1, 0.15) is 11.3 Å². The molecule has 0 unspecified atom stereocenters. The highest BCUT2D eigenvalue weighted by Crippen LogP contribution is 2.34. The van der Waals surface area contributed by atoms with Gasteiger partial charge in [0.05, 0.1) is 12.0 Å². The van der Waals surface area contributed by atoms with Crippen LogP contribution in [0.25, 0.3) is 17.0 Å². The van der Waals surface area contributed by atoms with Crippen molar-refractivity contribution in [3.63, 3.8) is 0 Å². The number of ether oxygens (including phenoxy) is 2. The van der Waals surface area contributed by atoms with Crippen LogP contribution in [0.5, 0.6) is 11.5 Å². The van der Waals surface area contributed by atoms with Crippen LogP contribution < -0.4 is 9.47 Å². The Morgan fingerprint density at radius 3 is 2.73 bits per heavy atom. The molecule has 2 aromatic carbocycles. The quantitative estimate of drug-likeness (QED) is 0.229. The predicted octanol–water partition coefficient (Wildman–Crippen LogP) is 3.77. The van der Waals surface area contributed by atoms with E-state index in [2.05, 4.69) is 4.98 Å². The van der Waals surface area contributed by atoms with E-state index in [1.54, 1.807) is 42.5 Å². The van der Waals surface area contributed by atoms with Crippen LogP contribution in [-0.2, 0) is 4.79 Å². The first-order chi connectivity index (χ1) is 12.6. The molecule has 0 aliphatic rings. The Morgan fingerprint density at radius 2 is 1.96 bits per heavy atom. The number of carbonyl (C=O) groups excluding carboxylic acids is 1. The lowest BCUT2D eigenvalue weighted by Crippen LogP contribution is -2.07. The third-order valence-electron chi connectivity index (χ3n) is 3.64. The smallest absolute Gasteiger partial charge is 0.336 e. The molecule has 3 aromatic rings. The van der Waals surface area contributed by atoms with Crippen molar-refractivity contribution >= 4 is 28.6 Å². The highest BCUT2D eigenvalue weighted by Gasteiger charge is 2.21. The lowest BCUT2D eigenvalue weighted by atomic mass is 10.2. The molecule has 1 heterocycles. The van der Waals surface area contributed by atoms with Crippen LogP contribution in [0, 0.1) is 10.1 Å². The monoisotopic (exact) mass is 350 g/mol. The van der Waals surface area contributed by atoms with Crippen LogP contribution in [0.2, 0.25) is 0 Å². The summed E-state index contributed by atoms with van der Waals surface area (Å²) < 4.78 is 10.4. The van der Waals surface area contributed by atoms with Gasteiger partial charge in [0, 0.05) is 29.3 Å². The van der Waals surface area contributed by atoms with E-state index in [0.29, 0.717) is 16.7 Å². The molecule has 0 aliphatic carbocycles. The summed E-state index contributed by atoms with van der Waals surface area (Å²) in [6, 6.07) is 13.4. The molecule has 7 heteroatoms. The van der Waals surface area contributed by atoms with Crippen LogP contribution in [0.1, 0.15) is 5.56 Å². The number of nitrogens with zero attached hydrogens (tertiary/aromatic N) is 2. The summed E-state index contributed by atoms with van der Waals surface area (Å²) in [6.45, 7) is 0. The van der Waals surface area contributed by atoms with Crippen molar-refractivity contribution in [2.45, 2.75) is 0 Å². The van der Waals surface area contributed by atoms with Gasteiger partial charge in [0.2, 0.25) is 5.75 Å².